The van der Waals surface area contributed by atoms with Crippen molar-refractivity contribution in [2.24, 2.45) is 0 Å². The maximum atomic E-state index is 2.48. The largest absolute Gasteiger partial charge is 0.134 e. The monoisotopic (exact) mass is 638 g/mol. The van der Waals surface area contributed by atoms with E-state index in [0.29, 0.717) is 0 Å². The highest BCUT2D eigenvalue weighted by atomic mass is 32.1. The summed E-state index contributed by atoms with van der Waals surface area (Å²) in [4.78, 5) is 0. The highest BCUT2D eigenvalue weighted by Crippen LogP contribution is 2.48. The molecule has 0 spiro atoms. The lowest BCUT2D eigenvalue weighted by molar-refractivity contribution is 0.990. The normalized spacial score (nSPS) is 13.1. The van der Waals surface area contributed by atoms with Gasteiger partial charge in [-0.15, -0.1) is 11.3 Å². The molecule has 9 aromatic carbocycles. The second kappa shape index (κ2) is 10.4. The minimum atomic E-state index is 1.11. The van der Waals surface area contributed by atoms with Crippen LogP contribution in [0.25, 0.3) is 102 Å². The van der Waals surface area contributed by atoms with Gasteiger partial charge in [-0.1, -0.05) is 146 Å². The second-order valence-electron chi connectivity index (χ2n) is 13.5. The first kappa shape index (κ1) is 27.2. The lowest BCUT2D eigenvalue weighted by Gasteiger charge is -2.17. The molecular weight excluding hydrogens is 609 g/mol. The van der Waals surface area contributed by atoms with Crippen molar-refractivity contribution in [3.63, 3.8) is 0 Å². The van der Waals surface area contributed by atoms with Gasteiger partial charge in [-0.3, -0.25) is 0 Å². The van der Waals surface area contributed by atoms with E-state index in [9.17, 15) is 0 Å². The number of benzene rings is 9. The third kappa shape index (κ3) is 3.91. The Balaban J connectivity index is 1.22. The number of hydrogen-bond acceptors (Lipinski definition) is 1. The average Bonchev–Trinajstić information content (AvgIpc) is 3.56. The van der Waals surface area contributed by atoms with Gasteiger partial charge < -0.3 is 0 Å². The van der Waals surface area contributed by atoms with E-state index in [2.05, 4.69) is 158 Å². The number of thiophene rings is 1. The first-order valence-corrected chi connectivity index (χ1v) is 18.1. The van der Waals surface area contributed by atoms with Crippen molar-refractivity contribution in [2.45, 2.75) is 12.8 Å². The van der Waals surface area contributed by atoms with Crippen molar-refractivity contribution < 1.29 is 0 Å². The molecule has 0 saturated heterocycles. The van der Waals surface area contributed by atoms with E-state index >= 15 is 0 Å². The summed E-state index contributed by atoms with van der Waals surface area (Å²) in [5, 5.41) is 15.8. The van der Waals surface area contributed by atoms with E-state index < -0.39 is 0 Å². The predicted octanol–water partition coefficient (Wildman–Crippen LogP) is 14.1. The third-order valence-corrected chi connectivity index (χ3v) is 12.2. The van der Waals surface area contributed by atoms with E-state index in [1.165, 1.54) is 107 Å². The van der Waals surface area contributed by atoms with E-state index in [1.807, 2.05) is 11.3 Å². The Kier molecular flexibility index (Phi) is 5.76. The zero-order chi connectivity index (χ0) is 32.1. The van der Waals surface area contributed by atoms with Gasteiger partial charge >= 0.3 is 0 Å². The number of rotatable bonds is 2. The molecule has 1 aliphatic carbocycles. The van der Waals surface area contributed by atoms with Gasteiger partial charge in [0.25, 0.3) is 0 Å². The molecule has 0 aliphatic heterocycles. The van der Waals surface area contributed by atoms with Crippen LogP contribution in [0.1, 0.15) is 17.5 Å². The van der Waals surface area contributed by atoms with E-state index in [0.717, 1.165) is 12.8 Å². The highest BCUT2D eigenvalue weighted by molar-refractivity contribution is 7.27. The van der Waals surface area contributed by atoms with Crippen LogP contribution in [0.5, 0.6) is 0 Å². The van der Waals surface area contributed by atoms with Crippen LogP contribution in [0.2, 0.25) is 0 Å². The molecule has 49 heavy (non-hydrogen) atoms. The van der Waals surface area contributed by atoms with Gasteiger partial charge in [0, 0.05) is 31.3 Å². The van der Waals surface area contributed by atoms with Gasteiger partial charge in [0.2, 0.25) is 0 Å². The van der Waals surface area contributed by atoms with Crippen LogP contribution < -0.4 is 0 Å². The van der Waals surface area contributed by atoms with Crippen LogP contribution >= 0.6 is 11.3 Å². The van der Waals surface area contributed by atoms with Crippen LogP contribution in [-0.4, -0.2) is 0 Å². The fourth-order valence-electron chi connectivity index (χ4n) is 8.65. The fourth-order valence-corrected chi connectivity index (χ4v) is 10.0. The van der Waals surface area contributed by atoms with Crippen LogP contribution in [0.3, 0.4) is 0 Å². The summed E-state index contributed by atoms with van der Waals surface area (Å²) in [5.41, 5.74) is 8.07. The van der Waals surface area contributed by atoms with Crippen molar-refractivity contribution in [3.8, 4) is 22.3 Å². The van der Waals surface area contributed by atoms with Gasteiger partial charge in [0.05, 0.1) is 0 Å². The molecule has 1 heterocycles. The summed E-state index contributed by atoms with van der Waals surface area (Å²) >= 11 is 1.95. The van der Waals surface area contributed by atoms with Gasteiger partial charge in [-0.05, 0) is 101 Å². The topological polar surface area (TPSA) is 0 Å². The van der Waals surface area contributed by atoms with E-state index in [-0.39, 0.29) is 0 Å². The molecule has 0 N–H and O–H groups in total. The first-order valence-electron chi connectivity index (χ1n) is 17.2. The Morgan fingerprint density at radius 1 is 0.367 bits per heavy atom. The molecule has 1 heteroatoms. The smallest absolute Gasteiger partial charge is 0.0434 e. The Labute approximate surface area is 288 Å². The van der Waals surface area contributed by atoms with Gasteiger partial charge in [-0.25, -0.2) is 0 Å². The van der Waals surface area contributed by atoms with Crippen molar-refractivity contribution in [1.29, 1.82) is 0 Å². The Bertz CT molecular complexity index is 3050. The zero-order valence-electron chi connectivity index (χ0n) is 26.8. The van der Waals surface area contributed by atoms with Gasteiger partial charge in [-0.2, -0.15) is 0 Å². The van der Waals surface area contributed by atoms with Crippen LogP contribution in [0.15, 0.2) is 152 Å². The summed E-state index contributed by atoms with van der Waals surface area (Å²) in [7, 11) is 0. The second-order valence-corrected chi connectivity index (χ2v) is 14.5. The Morgan fingerprint density at radius 3 is 1.59 bits per heavy atom. The van der Waals surface area contributed by atoms with Crippen LogP contribution in [0.4, 0.5) is 0 Å². The summed E-state index contributed by atoms with van der Waals surface area (Å²) < 4.78 is 2.70. The molecule has 0 fully saturated rings. The number of fused-ring (bicyclic) bond motifs is 13. The SMILES string of the molecule is C1=Cc2c(ccc3c2cc(-c2cccc4c2sc2c(-c5cc6c7ccccc7ccc6c6ccccc56)cccc24)c2ccccc23)CC1. The van der Waals surface area contributed by atoms with E-state index in [1.54, 1.807) is 0 Å². The number of hydrogen-bond donors (Lipinski definition) is 0. The third-order valence-electron chi connectivity index (χ3n) is 10.9. The van der Waals surface area contributed by atoms with Crippen molar-refractivity contribution >= 4 is 91.4 Å². The molecule has 0 amide bonds. The predicted molar refractivity (Wildman–Crippen MR) is 215 cm³/mol. The lowest BCUT2D eigenvalue weighted by Crippen LogP contribution is -1.96. The molecule has 0 unspecified atom stereocenters. The molecule has 0 saturated carbocycles. The summed E-state index contributed by atoms with van der Waals surface area (Å²) in [6.07, 6.45) is 6.91. The molecule has 11 rings (SSSR count). The molecule has 10 aromatic rings. The first-order chi connectivity index (χ1) is 24.3. The lowest BCUT2D eigenvalue weighted by atomic mass is 9.87. The standard InChI is InChI=1S/C48H30S/c1-3-13-31-29(11-1)23-25-37-33-15-5-7-17-35(33)45(27-43(31)37)41-21-9-19-39-40-20-10-22-42(48(40)49-47(39)41)46-28-44-32-14-4-2-12-30(32)24-26-38(44)34-16-6-8-18-36(34)46/h1,3-11,13-28H,2,12H2. The minimum Gasteiger partial charge on any atom is -0.134 e. The van der Waals surface area contributed by atoms with E-state index in [4.69, 9.17) is 0 Å². The van der Waals surface area contributed by atoms with Crippen molar-refractivity contribution in [3.05, 3.63) is 163 Å². The zero-order valence-corrected chi connectivity index (χ0v) is 27.7. The van der Waals surface area contributed by atoms with Gasteiger partial charge in [0.1, 0.15) is 0 Å². The molecule has 0 bridgehead atoms. The molecule has 0 radical (unpaired) electrons. The number of aryl methyl sites for hydroxylation is 1. The summed E-state index contributed by atoms with van der Waals surface area (Å²) in [5.74, 6) is 0. The maximum Gasteiger partial charge on any atom is 0.0434 e. The summed E-state index contributed by atoms with van der Waals surface area (Å²) in [6.45, 7) is 0. The minimum absolute atomic E-state index is 1.11. The number of allylic oxidation sites excluding steroid dienone is 1. The van der Waals surface area contributed by atoms with Crippen molar-refractivity contribution in [1.82, 2.24) is 0 Å². The summed E-state index contributed by atoms with van der Waals surface area (Å²) in [6, 6.07) is 54.7. The maximum absolute atomic E-state index is 2.48. The molecule has 0 nitrogen and oxygen atoms in total. The fraction of sp³-hybridized carbons (Fsp3) is 0.0417. The molecule has 1 aromatic heterocycles. The van der Waals surface area contributed by atoms with Crippen LogP contribution in [0, 0.1) is 0 Å². The van der Waals surface area contributed by atoms with Crippen LogP contribution in [-0.2, 0) is 6.42 Å². The Morgan fingerprint density at radius 2 is 0.898 bits per heavy atom. The highest BCUT2D eigenvalue weighted by Gasteiger charge is 2.19. The van der Waals surface area contributed by atoms with Gasteiger partial charge in [0.15, 0.2) is 0 Å². The van der Waals surface area contributed by atoms with Crippen molar-refractivity contribution in [2.75, 3.05) is 0 Å². The quantitative estimate of drug-likeness (QED) is 0.165. The molecule has 1 aliphatic rings. The molecular formula is C48H30S. The molecule has 0 atom stereocenters. The average molecular weight is 639 g/mol. The Hall–Kier alpha value is -5.76. The molecule has 228 valence electrons.